The fourth-order valence-electron chi connectivity index (χ4n) is 0. The summed E-state index contributed by atoms with van der Waals surface area (Å²) in [4.78, 5) is 9.00. The molecule has 0 unspecified atom stereocenters. The largest absolute Gasteiger partial charge is 1.00 e. The van der Waals surface area contributed by atoms with E-state index < -0.39 is 5.97 Å². The summed E-state index contributed by atoms with van der Waals surface area (Å²) in [7, 11) is 0. The van der Waals surface area contributed by atoms with Crippen molar-refractivity contribution in [3.05, 3.63) is 0 Å². The van der Waals surface area contributed by atoms with Crippen LogP contribution in [-0.4, -0.2) is 11.1 Å². The second-order valence-electron chi connectivity index (χ2n) is 0.619. The molecule has 0 saturated heterocycles. The smallest absolute Gasteiger partial charge is 1.00 e. The topological polar surface area (TPSA) is 61.1 Å². The summed E-state index contributed by atoms with van der Waals surface area (Å²) in [5.74, 6) is -0.833. The summed E-state index contributed by atoms with van der Waals surface area (Å²) < 4.78 is 0. The SMILES string of the molecule is CC(=O)O.N#CS.[H-].[Na+]. The molecule has 0 bridgehead atoms. The zero-order valence-corrected chi connectivity index (χ0v) is 7.64. The van der Waals surface area contributed by atoms with Gasteiger partial charge >= 0.3 is 29.6 Å². The molecule has 0 heterocycles. The Labute approximate surface area is 76.9 Å². The van der Waals surface area contributed by atoms with Gasteiger partial charge in [-0.1, -0.05) is 12.6 Å². The van der Waals surface area contributed by atoms with Gasteiger partial charge in [-0.05, 0) is 0 Å². The number of aliphatic carboxylic acids is 1. The van der Waals surface area contributed by atoms with E-state index >= 15 is 0 Å². The molecule has 0 radical (unpaired) electrons. The number of carbonyl (C=O) groups is 1. The molecule has 0 aliphatic rings. The Kier molecular flexibility index (Phi) is 30.8. The molecule has 0 atom stereocenters. The Balaban J connectivity index is -0.0000000233. The molecule has 8 heavy (non-hydrogen) atoms. The van der Waals surface area contributed by atoms with Gasteiger partial charge in [0, 0.05) is 6.92 Å². The number of nitrogens with zero attached hydrogens (tertiary/aromatic N) is 1. The van der Waals surface area contributed by atoms with E-state index in [0.29, 0.717) is 0 Å². The maximum Gasteiger partial charge on any atom is 1.00 e. The number of nitriles is 1. The maximum absolute atomic E-state index is 9.00. The van der Waals surface area contributed by atoms with Gasteiger partial charge in [-0.15, -0.1) is 0 Å². The van der Waals surface area contributed by atoms with Crippen LogP contribution in [0.1, 0.15) is 8.35 Å². The van der Waals surface area contributed by atoms with Crippen molar-refractivity contribution >= 4 is 18.6 Å². The summed E-state index contributed by atoms with van der Waals surface area (Å²) in [6.45, 7) is 1.08. The zero-order chi connectivity index (χ0) is 6.28. The van der Waals surface area contributed by atoms with Crippen molar-refractivity contribution < 1.29 is 40.9 Å². The van der Waals surface area contributed by atoms with Crippen molar-refractivity contribution in [3.63, 3.8) is 0 Å². The van der Waals surface area contributed by atoms with Crippen molar-refractivity contribution in [2.45, 2.75) is 6.92 Å². The first-order valence-electron chi connectivity index (χ1n) is 1.37. The standard InChI is InChI=1S/C2H4O2.CHNS.Na.H/c1-2(3)4;2-1-3;;/h1H3,(H,3,4);3H;;/q;;+1;-1. The van der Waals surface area contributed by atoms with Gasteiger partial charge in [0.05, 0.1) is 0 Å². The third kappa shape index (κ3) is 1850. The molecule has 0 saturated carbocycles. The van der Waals surface area contributed by atoms with Crippen LogP contribution in [-0.2, 0) is 4.79 Å². The fourth-order valence-corrected chi connectivity index (χ4v) is 0. The fraction of sp³-hybridized carbons (Fsp3) is 0.333. The van der Waals surface area contributed by atoms with Gasteiger partial charge in [-0.25, -0.2) is 0 Å². The number of rotatable bonds is 0. The van der Waals surface area contributed by atoms with Crippen LogP contribution in [0.2, 0.25) is 0 Å². The minimum Gasteiger partial charge on any atom is -1.00 e. The van der Waals surface area contributed by atoms with E-state index in [4.69, 9.17) is 15.2 Å². The van der Waals surface area contributed by atoms with Gasteiger partial charge in [0.2, 0.25) is 0 Å². The summed E-state index contributed by atoms with van der Waals surface area (Å²) in [6, 6.07) is 0. The molecule has 0 aliphatic heterocycles. The number of thiocyanates is 1. The Morgan fingerprint density at radius 2 is 2.00 bits per heavy atom. The minimum absolute atomic E-state index is 0. The van der Waals surface area contributed by atoms with Crippen molar-refractivity contribution in [3.8, 4) is 5.40 Å². The molecule has 1 N–H and O–H groups in total. The molecular formula is C3H6NNaO2S. The quantitative estimate of drug-likeness (QED) is 0.226. The molecule has 0 fully saturated rings. The number of thiol groups is 1. The van der Waals surface area contributed by atoms with Crippen molar-refractivity contribution in [1.29, 1.82) is 5.26 Å². The third-order valence-electron chi connectivity index (χ3n) is 0. The first-order chi connectivity index (χ1) is 3.15. The average Bonchev–Trinajstić information content (AvgIpc) is 1.33. The first kappa shape index (κ1) is 15.7. The van der Waals surface area contributed by atoms with Gasteiger partial charge < -0.3 is 6.53 Å². The predicted molar refractivity (Wildman–Crippen MR) is 29.0 cm³/mol. The molecule has 5 heteroatoms. The Hall–Kier alpha value is 0.310. The zero-order valence-electron chi connectivity index (χ0n) is 5.75. The van der Waals surface area contributed by atoms with E-state index in [2.05, 4.69) is 12.6 Å². The Bertz CT molecular complexity index is 90.3. The van der Waals surface area contributed by atoms with E-state index in [0.717, 1.165) is 6.92 Å². The van der Waals surface area contributed by atoms with Crippen LogP contribution in [0.5, 0.6) is 0 Å². The van der Waals surface area contributed by atoms with Crippen LogP contribution in [0.15, 0.2) is 0 Å². The van der Waals surface area contributed by atoms with E-state index in [1.807, 2.05) is 0 Å². The van der Waals surface area contributed by atoms with Crippen molar-refractivity contribution in [2.24, 2.45) is 0 Å². The van der Waals surface area contributed by atoms with Gasteiger partial charge in [0.25, 0.3) is 5.97 Å². The molecule has 0 aliphatic carbocycles. The monoisotopic (exact) mass is 143 g/mol. The van der Waals surface area contributed by atoms with Crippen LogP contribution in [0.25, 0.3) is 0 Å². The Morgan fingerprint density at radius 3 is 2.00 bits per heavy atom. The Morgan fingerprint density at radius 1 is 2.00 bits per heavy atom. The van der Waals surface area contributed by atoms with Crippen LogP contribution in [0.4, 0.5) is 0 Å². The van der Waals surface area contributed by atoms with Gasteiger partial charge in [0.15, 0.2) is 0 Å². The average molecular weight is 143 g/mol. The molecule has 0 aromatic rings. The van der Waals surface area contributed by atoms with E-state index in [-0.39, 0.29) is 31.0 Å². The summed E-state index contributed by atoms with van der Waals surface area (Å²) in [6.07, 6.45) is 0. The number of hydrogen-bond acceptors (Lipinski definition) is 3. The minimum atomic E-state index is -0.833. The normalized spacial score (nSPS) is 4.12. The summed E-state index contributed by atoms with van der Waals surface area (Å²) in [5, 5.41) is 16.0. The first-order valence-corrected chi connectivity index (χ1v) is 1.82. The maximum atomic E-state index is 9.00. The van der Waals surface area contributed by atoms with Crippen LogP contribution in [0.3, 0.4) is 0 Å². The number of carboxylic acid groups (broad SMARTS) is 1. The second-order valence-corrected chi connectivity index (χ2v) is 0.819. The molecule has 3 nitrogen and oxygen atoms in total. The van der Waals surface area contributed by atoms with Crippen molar-refractivity contribution in [1.82, 2.24) is 0 Å². The molecule has 0 rings (SSSR count). The molecule has 0 aromatic carbocycles. The van der Waals surface area contributed by atoms with Gasteiger partial charge in [-0.2, -0.15) is 5.26 Å². The van der Waals surface area contributed by atoms with Crippen molar-refractivity contribution in [2.75, 3.05) is 0 Å². The second kappa shape index (κ2) is 15.7. The summed E-state index contributed by atoms with van der Waals surface area (Å²) in [5.41, 5.74) is 0. The predicted octanol–water partition coefficient (Wildman–Crippen LogP) is -2.40. The summed E-state index contributed by atoms with van der Waals surface area (Å²) >= 11 is 3.09. The molecule has 42 valence electrons. The molecule has 0 spiro atoms. The number of carboxylic acids is 1. The van der Waals surface area contributed by atoms with Gasteiger partial charge in [0.1, 0.15) is 5.40 Å². The van der Waals surface area contributed by atoms with E-state index in [1.165, 1.54) is 5.40 Å². The number of hydrogen-bond donors (Lipinski definition) is 2. The van der Waals surface area contributed by atoms with Crippen LogP contribution in [0, 0.1) is 10.7 Å². The third-order valence-corrected chi connectivity index (χ3v) is 0. The molecular weight excluding hydrogens is 137 g/mol. The van der Waals surface area contributed by atoms with Crippen LogP contribution < -0.4 is 29.6 Å². The van der Waals surface area contributed by atoms with E-state index in [9.17, 15) is 0 Å². The van der Waals surface area contributed by atoms with Crippen LogP contribution >= 0.6 is 12.6 Å². The van der Waals surface area contributed by atoms with Gasteiger partial charge in [-0.3, -0.25) is 4.79 Å². The van der Waals surface area contributed by atoms with E-state index in [1.54, 1.807) is 0 Å². The molecule has 0 amide bonds. The molecule has 0 aromatic heterocycles.